The molecule has 1 aromatic rings. The van der Waals surface area contributed by atoms with Crippen LogP contribution in [0.4, 0.5) is 0 Å². The molecule has 0 spiro atoms. The summed E-state index contributed by atoms with van der Waals surface area (Å²) in [6, 6.07) is 3.18. The largest absolute Gasteiger partial charge is 0.481 e. The van der Waals surface area contributed by atoms with Gasteiger partial charge in [-0.3, -0.25) is 4.79 Å². The van der Waals surface area contributed by atoms with Crippen molar-refractivity contribution in [3.8, 4) is 11.8 Å². The third-order valence-electron chi connectivity index (χ3n) is 3.71. The number of ether oxygens (including phenoxy) is 2. The zero-order valence-electron chi connectivity index (χ0n) is 12.2. The first kappa shape index (κ1) is 15.5. The summed E-state index contributed by atoms with van der Waals surface area (Å²) < 4.78 is 10.1. The second-order valence-corrected chi connectivity index (χ2v) is 4.96. The smallest absolute Gasteiger partial charge is 0.259 e. The van der Waals surface area contributed by atoms with Crippen LogP contribution in [0.1, 0.15) is 16.8 Å². The van der Waals surface area contributed by atoms with Crippen molar-refractivity contribution in [2.24, 2.45) is 5.92 Å². The minimum atomic E-state index is -0.718. The molecule has 1 aliphatic heterocycles. The van der Waals surface area contributed by atoms with Gasteiger partial charge in [-0.1, -0.05) is 0 Å². The lowest BCUT2D eigenvalue weighted by atomic mass is 9.94. The summed E-state index contributed by atoms with van der Waals surface area (Å²) in [5.74, 6) is 0.128. The van der Waals surface area contributed by atoms with Gasteiger partial charge in [0.2, 0.25) is 11.8 Å². The number of carbonyl (C=O) groups excluding carboxylic acids is 1. The number of likely N-dealkylation sites (tertiary alicyclic amines) is 1. The van der Waals surface area contributed by atoms with Crippen molar-refractivity contribution in [2.45, 2.75) is 12.5 Å². The fourth-order valence-electron chi connectivity index (χ4n) is 2.40. The topological polar surface area (TPSA) is 92.1 Å². The van der Waals surface area contributed by atoms with E-state index in [0.29, 0.717) is 24.4 Å². The summed E-state index contributed by atoms with van der Waals surface area (Å²) in [6.45, 7) is 0.603. The fraction of sp³-hybridized carbons (Fsp3) is 0.571. The van der Waals surface area contributed by atoms with E-state index in [0.717, 1.165) is 0 Å². The summed E-state index contributed by atoms with van der Waals surface area (Å²) in [7, 11) is 2.92. The van der Waals surface area contributed by atoms with E-state index in [4.69, 9.17) is 14.6 Å². The van der Waals surface area contributed by atoms with E-state index >= 15 is 0 Å². The number of aliphatic hydroxyl groups excluding tert-OH is 2. The Morgan fingerprint density at radius 3 is 2.76 bits per heavy atom. The number of aromatic nitrogens is 1. The standard InChI is InChI=1S/C14H20N2O5/c1-20-12-4-3-10(13(15-12)21-2)14(19)16-6-5-9(8-17)11(18)7-16/h3-4,9,11,17-18H,5-8H2,1-2H3/t9-,11+/m1/s1. The van der Waals surface area contributed by atoms with E-state index in [2.05, 4.69) is 4.98 Å². The Hall–Kier alpha value is -1.86. The maximum Gasteiger partial charge on any atom is 0.259 e. The highest BCUT2D eigenvalue weighted by Gasteiger charge is 2.31. The highest BCUT2D eigenvalue weighted by atomic mass is 16.5. The van der Waals surface area contributed by atoms with Crippen LogP contribution in [-0.2, 0) is 0 Å². The molecular weight excluding hydrogens is 276 g/mol. The van der Waals surface area contributed by atoms with Crippen molar-refractivity contribution in [1.82, 2.24) is 9.88 Å². The number of nitrogens with zero attached hydrogens (tertiary/aromatic N) is 2. The summed E-state index contributed by atoms with van der Waals surface area (Å²) in [6.07, 6.45) is -0.153. The van der Waals surface area contributed by atoms with Crippen molar-refractivity contribution >= 4 is 5.91 Å². The van der Waals surface area contributed by atoms with E-state index in [1.807, 2.05) is 0 Å². The number of pyridine rings is 1. The molecule has 7 nitrogen and oxygen atoms in total. The van der Waals surface area contributed by atoms with Crippen LogP contribution >= 0.6 is 0 Å². The third kappa shape index (κ3) is 3.25. The second-order valence-electron chi connectivity index (χ2n) is 4.96. The van der Waals surface area contributed by atoms with Gasteiger partial charge in [-0.05, 0) is 12.5 Å². The molecule has 1 aromatic heterocycles. The van der Waals surface area contributed by atoms with Gasteiger partial charge in [-0.2, -0.15) is 4.98 Å². The molecule has 7 heteroatoms. The zero-order chi connectivity index (χ0) is 15.4. The Balaban J connectivity index is 2.17. The summed E-state index contributed by atoms with van der Waals surface area (Å²) in [5, 5.41) is 19.1. The van der Waals surface area contributed by atoms with Crippen LogP contribution in [0.15, 0.2) is 12.1 Å². The Kier molecular flexibility index (Phi) is 4.98. The molecule has 1 amide bonds. The Morgan fingerprint density at radius 2 is 2.19 bits per heavy atom. The molecule has 1 saturated heterocycles. The lowest BCUT2D eigenvalue weighted by molar-refractivity contribution is 0.000731. The number of amides is 1. The Bertz CT molecular complexity index is 508. The van der Waals surface area contributed by atoms with Crippen molar-refractivity contribution in [3.05, 3.63) is 17.7 Å². The molecule has 0 aliphatic carbocycles. The van der Waals surface area contributed by atoms with Crippen LogP contribution in [0.25, 0.3) is 0 Å². The molecule has 116 valence electrons. The predicted octanol–water partition coefficient (Wildman–Crippen LogP) is -0.0859. The van der Waals surface area contributed by atoms with Crippen LogP contribution in [0.2, 0.25) is 0 Å². The van der Waals surface area contributed by atoms with Crippen molar-refractivity contribution in [3.63, 3.8) is 0 Å². The van der Waals surface area contributed by atoms with Crippen molar-refractivity contribution < 1.29 is 24.5 Å². The molecule has 2 heterocycles. The average molecular weight is 296 g/mol. The molecule has 2 N–H and O–H groups in total. The molecule has 2 atom stereocenters. The zero-order valence-corrected chi connectivity index (χ0v) is 12.2. The van der Waals surface area contributed by atoms with E-state index in [1.54, 1.807) is 17.0 Å². The van der Waals surface area contributed by atoms with Gasteiger partial charge in [-0.15, -0.1) is 0 Å². The van der Waals surface area contributed by atoms with Gasteiger partial charge in [0, 0.05) is 31.7 Å². The normalized spacial score (nSPS) is 22.0. The van der Waals surface area contributed by atoms with Crippen molar-refractivity contribution in [2.75, 3.05) is 33.9 Å². The van der Waals surface area contributed by atoms with Gasteiger partial charge in [0.1, 0.15) is 5.56 Å². The second kappa shape index (κ2) is 6.73. The third-order valence-corrected chi connectivity index (χ3v) is 3.71. The summed E-state index contributed by atoms with van der Waals surface area (Å²) in [5.41, 5.74) is 0.327. The highest BCUT2D eigenvalue weighted by Crippen LogP contribution is 2.24. The maximum atomic E-state index is 12.5. The van der Waals surface area contributed by atoms with Crippen LogP contribution in [0, 0.1) is 5.92 Å². The van der Waals surface area contributed by atoms with Gasteiger partial charge < -0.3 is 24.6 Å². The SMILES string of the molecule is COc1ccc(C(=O)N2CC[C@H](CO)[C@@H](O)C2)c(OC)n1. The van der Waals surface area contributed by atoms with Crippen molar-refractivity contribution in [1.29, 1.82) is 0 Å². The predicted molar refractivity (Wildman–Crippen MR) is 74.4 cm³/mol. The van der Waals surface area contributed by atoms with Gasteiger partial charge in [-0.25, -0.2) is 0 Å². The molecule has 0 saturated carbocycles. The number of methoxy groups -OCH3 is 2. The number of β-amino-alcohol motifs (C(OH)–C–C–N with tert-alkyl or cyclic N) is 1. The molecule has 0 bridgehead atoms. The monoisotopic (exact) mass is 296 g/mol. The fourth-order valence-corrected chi connectivity index (χ4v) is 2.40. The molecule has 0 unspecified atom stereocenters. The molecule has 1 fully saturated rings. The minimum Gasteiger partial charge on any atom is -0.481 e. The first-order valence-corrected chi connectivity index (χ1v) is 6.78. The quantitative estimate of drug-likeness (QED) is 0.807. The number of hydrogen-bond donors (Lipinski definition) is 2. The first-order valence-electron chi connectivity index (χ1n) is 6.78. The van der Waals surface area contributed by atoms with Crippen LogP contribution in [0.3, 0.4) is 0 Å². The molecule has 0 radical (unpaired) electrons. The number of carbonyl (C=O) groups is 1. The molecule has 21 heavy (non-hydrogen) atoms. The van der Waals surface area contributed by atoms with Crippen LogP contribution < -0.4 is 9.47 Å². The maximum absolute atomic E-state index is 12.5. The number of aliphatic hydroxyl groups is 2. The van der Waals surface area contributed by atoms with Crippen LogP contribution in [-0.4, -0.2) is 66.0 Å². The summed E-state index contributed by atoms with van der Waals surface area (Å²) >= 11 is 0. The van der Waals surface area contributed by atoms with E-state index < -0.39 is 6.10 Å². The molecule has 2 rings (SSSR count). The van der Waals surface area contributed by atoms with E-state index in [9.17, 15) is 9.90 Å². The van der Waals surface area contributed by atoms with Gasteiger partial charge in [0.15, 0.2) is 0 Å². The van der Waals surface area contributed by atoms with E-state index in [1.165, 1.54) is 14.2 Å². The van der Waals surface area contributed by atoms with Crippen LogP contribution in [0.5, 0.6) is 11.8 Å². The molecule has 1 aliphatic rings. The highest BCUT2D eigenvalue weighted by molar-refractivity contribution is 5.96. The first-order chi connectivity index (χ1) is 10.1. The minimum absolute atomic E-state index is 0.0728. The number of piperidine rings is 1. The molecule has 0 aromatic carbocycles. The van der Waals surface area contributed by atoms with Gasteiger partial charge in [0.05, 0.1) is 20.3 Å². The lowest BCUT2D eigenvalue weighted by Crippen LogP contribution is -2.47. The molecular formula is C14H20N2O5. The lowest BCUT2D eigenvalue weighted by Gasteiger charge is -2.35. The number of hydrogen-bond acceptors (Lipinski definition) is 6. The van der Waals surface area contributed by atoms with Gasteiger partial charge >= 0.3 is 0 Å². The van der Waals surface area contributed by atoms with Gasteiger partial charge in [0.25, 0.3) is 5.91 Å². The Morgan fingerprint density at radius 1 is 1.43 bits per heavy atom. The van der Waals surface area contributed by atoms with E-state index in [-0.39, 0.29) is 30.9 Å². The Labute approximate surface area is 123 Å². The number of rotatable bonds is 4. The summed E-state index contributed by atoms with van der Waals surface area (Å²) in [4.78, 5) is 18.1. The average Bonchev–Trinajstić information content (AvgIpc) is 2.53.